The topological polar surface area (TPSA) is 228 Å². The Morgan fingerprint density at radius 1 is 0.574 bits per heavy atom. The van der Waals surface area contributed by atoms with Crippen LogP contribution in [0.4, 0.5) is 0 Å². The van der Waals surface area contributed by atoms with Crippen LogP contribution in [-0.2, 0) is 29.3 Å². The van der Waals surface area contributed by atoms with E-state index in [1.165, 1.54) is 24.3 Å². The summed E-state index contributed by atoms with van der Waals surface area (Å²) in [6.45, 7) is 13.3. The monoisotopic (exact) mass is 982 g/mol. The summed E-state index contributed by atoms with van der Waals surface area (Å²) in [4.78, 5) is 33.1. The highest BCUT2D eigenvalue weighted by Crippen LogP contribution is 2.53. The number of para-hydroxylation sites is 2. The van der Waals surface area contributed by atoms with Crippen molar-refractivity contribution in [3.8, 4) is 34.5 Å². The SMILES string of the molecule is CC(C)(C(=O)O)[C@H]1c2ccccc2Oc2nc(Cl)ccc21.CC(C)S(=O)(=O)c1ccc(-c2ccc3c(n2)Oc2ccccc2[C@@H]3C(C)(C)C(=O)O)cc1.CC(C)S(=O)(=O)c1ccc(B(O)O)cc1. The highest BCUT2D eigenvalue weighted by atomic mass is 35.5. The van der Waals surface area contributed by atoms with E-state index >= 15 is 0 Å². The lowest BCUT2D eigenvalue weighted by molar-refractivity contribution is -0.148. The molecule has 0 amide bonds. The van der Waals surface area contributed by atoms with Crippen LogP contribution in [0.5, 0.6) is 23.3 Å². The van der Waals surface area contributed by atoms with Gasteiger partial charge in [-0.2, -0.15) is 0 Å². The second-order valence-corrected chi connectivity index (χ2v) is 23.4. The minimum absolute atomic E-state index is 0.196. The average molecular weight is 983 g/mol. The van der Waals surface area contributed by atoms with Gasteiger partial charge in [-0.3, -0.25) is 9.59 Å². The van der Waals surface area contributed by atoms with E-state index in [4.69, 9.17) is 31.1 Å². The Bertz CT molecular complexity index is 3070. The third-order valence-corrected chi connectivity index (χ3v) is 16.6. The number of benzene rings is 4. The molecule has 2 aliphatic heterocycles. The van der Waals surface area contributed by atoms with Gasteiger partial charge in [0.1, 0.15) is 16.7 Å². The van der Waals surface area contributed by atoms with E-state index in [0.717, 1.165) is 22.3 Å². The van der Waals surface area contributed by atoms with Gasteiger partial charge in [0.25, 0.3) is 0 Å². The first-order valence-corrected chi connectivity index (χ1v) is 25.0. The molecule has 0 spiro atoms. The summed E-state index contributed by atoms with van der Waals surface area (Å²) < 4.78 is 60.0. The number of fused-ring (bicyclic) bond motifs is 4. The molecule has 68 heavy (non-hydrogen) atoms. The van der Waals surface area contributed by atoms with Crippen molar-refractivity contribution in [2.24, 2.45) is 10.8 Å². The van der Waals surface area contributed by atoms with Crippen LogP contribution in [0.3, 0.4) is 0 Å². The van der Waals surface area contributed by atoms with Crippen LogP contribution in [0.1, 0.15) is 89.5 Å². The molecule has 0 saturated carbocycles. The Kier molecular flexibility index (Phi) is 15.0. The van der Waals surface area contributed by atoms with Gasteiger partial charge in [0.2, 0.25) is 11.8 Å². The highest BCUT2D eigenvalue weighted by Gasteiger charge is 2.45. The van der Waals surface area contributed by atoms with Crippen LogP contribution in [-0.4, -0.2) is 76.6 Å². The minimum Gasteiger partial charge on any atom is -0.481 e. The molecule has 4 aromatic carbocycles. The number of rotatable bonds is 10. The van der Waals surface area contributed by atoms with Crippen LogP contribution >= 0.6 is 11.6 Å². The first-order chi connectivity index (χ1) is 31.8. The summed E-state index contributed by atoms with van der Waals surface area (Å²) in [5, 5.41) is 36.5. The molecule has 4 heterocycles. The molecular formula is C50H52BClN2O12S2. The van der Waals surface area contributed by atoms with E-state index in [1.54, 1.807) is 91.8 Å². The Morgan fingerprint density at radius 2 is 0.971 bits per heavy atom. The minimum atomic E-state index is -3.36. The molecule has 2 atom stereocenters. The van der Waals surface area contributed by atoms with E-state index in [-0.39, 0.29) is 21.2 Å². The molecule has 2 aromatic heterocycles. The second-order valence-electron chi connectivity index (χ2n) is 18.0. The molecule has 6 aromatic rings. The molecule has 4 N–H and O–H groups in total. The third-order valence-electron chi connectivity index (χ3n) is 12.0. The number of hydrogen-bond donors (Lipinski definition) is 4. The summed E-state index contributed by atoms with van der Waals surface area (Å²) in [7, 11) is -8.21. The van der Waals surface area contributed by atoms with E-state index < -0.39 is 66.0 Å². The van der Waals surface area contributed by atoms with Crippen molar-refractivity contribution in [3.05, 3.63) is 149 Å². The molecule has 0 unspecified atom stereocenters. The number of pyridine rings is 2. The smallest absolute Gasteiger partial charge is 0.481 e. The van der Waals surface area contributed by atoms with Crippen LogP contribution in [0, 0.1) is 10.8 Å². The van der Waals surface area contributed by atoms with Gasteiger partial charge in [-0.1, -0.05) is 78.3 Å². The number of nitrogens with zero attached hydrogens (tertiary/aromatic N) is 2. The quantitative estimate of drug-likeness (QED) is 0.0743. The van der Waals surface area contributed by atoms with E-state index in [9.17, 15) is 36.6 Å². The third kappa shape index (κ3) is 10.3. The first kappa shape index (κ1) is 51.3. The summed E-state index contributed by atoms with van der Waals surface area (Å²) in [6, 6.07) is 34.1. The van der Waals surface area contributed by atoms with Crippen molar-refractivity contribution < 1.29 is 56.2 Å². The molecule has 18 heteroatoms. The molecule has 2 aliphatic rings. The fourth-order valence-corrected chi connectivity index (χ4v) is 10.1. The van der Waals surface area contributed by atoms with Crippen molar-refractivity contribution >= 4 is 55.8 Å². The van der Waals surface area contributed by atoms with Gasteiger partial charge in [-0.05, 0) is 115 Å². The van der Waals surface area contributed by atoms with E-state index in [0.29, 0.717) is 39.7 Å². The maximum Gasteiger partial charge on any atom is 0.488 e. The Hall–Kier alpha value is -6.11. The Morgan fingerprint density at radius 3 is 1.38 bits per heavy atom. The number of halogens is 1. The number of carboxylic acid groups (broad SMARTS) is 2. The fourth-order valence-electron chi connectivity index (χ4n) is 7.80. The van der Waals surface area contributed by atoms with Crippen molar-refractivity contribution in [1.82, 2.24) is 9.97 Å². The Labute approximate surface area is 401 Å². The lowest BCUT2D eigenvalue weighted by Crippen LogP contribution is -2.33. The molecule has 8 rings (SSSR count). The number of carbonyl (C=O) groups is 2. The molecular weight excluding hydrogens is 931 g/mol. The normalized spacial score (nSPS) is 15.1. The summed E-state index contributed by atoms with van der Waals surface area (Å²) in [6.07, 6.45) is 0. The molecule has 0 radical (unpaired) electrons. The number of carboxylic acids is 2. The average Bonchev–Trinajstić information content (AvgIpc) is 3.29. The number of aromatic nitrogens is 2. The Balaban J connectivity index is 0.000000182. The number of sulfone groups is 2. The standard InChI is InChI=1S/C25H25NO5S.C16H14ClNO3.C9H13BO4S/c1-15(2)32(29,30)17-11-9-16(10-12-17)20-14-13-19-22(25(3,4)24(27)28)18-7-5-6-8-21(18)31-23(19)26-20;1-16(2,15(19)20)13-9-5-3-4-6-11(9)21-14-10(13)7-8-12(17)18-14;1-7(2)15(13,14)9-5-3-8(4-6-9)10(11)12/h5-15,22H,1-4H3,(H,27,28);3-8,13H,1-2H3,(H,19,20);3-7,11-12H,1-2H3/t22-;13-;/m00./s1. The van der Waals surface area contributed by atoms with E-state index in [1.807, 2.05) is 60.7 Å². The maximum atomic E-state index is 12.4. The molecule has 0 aliphatic carbocycles. The predicted octanol–water partition coefficient (Wildman–Crippen LogP) is 8.91. The van der Waals surface area contributed by atoms with Crippen molar-refractivity contribution in [2.75, 3.05) is 0 Å². The van der Waals surface area contributed by atoms with Crippen molar-refractivity contribution in [2.45, 2.75) is 87.5 Å². The lowest BCUT2D eigenvalue weighted by Gasteiger charge is -2.36. The van der Waals surface area contributed by atoms with Crippen LogP contribution in [0.2, 0.25) is 5.15 Å². The zero-order valence-electron chi connectivity index (χ0n) is 38.6. The largest absolute Gasteiger partial charge is 0.488 e. The van der Waals surface area contributed by atoms with Crippen LogP contribution in [0.15, 0.2) is 131 Å². The van der Waals surface area contributed by atoms with Gasteiger partial charge in [0.15, 0.2) is 19.7 Å². The predicted molar refractivity (Wildman–Crippen MR) is 259 cm³/mol. The highest BCUT2D eigenvalue weighted by molar-refractivity contribution is 7.92. The molecule has 14 nitrogen and oxygen atoms in total. The first-order valence-electron chi connectivity index (χ1n) is 21.5. The fraction of sp³-hybridized carbons (Fsp3) is 0.280. The van der Waals surface area contributed by atoms with Crippen molar-refractivity contribution in [3.63, 3.8) is 0 Å². The number of ether oxygens (including phenoxy) is 2. The molecule has 0 fully saturated rings. The van der Waals surface area contributed by atoms with Gasteiger partial charge < -0.3 is 29.7 Å². The number of hydrogen-bond acceptors (Lipinski definition) is 12. The zero-order valence-corrected chi connectivity index (χ0v) is 41.0. The maximum absolute atomic E-state index is 12.4. The lowest BCUT2D eigenvalue weighted by atomic mass is 9.70. The summed E-state index contributed by atoms with van der Waals surface area (Å²) in [5.41, 5.74) is 2.67. The van der Waals surface area contributed by atoms with Gasteiger partial charge in [0.05, 0.1) is 36.8 Å². The molecule has 0 bridgehead atoms. The van der Waals surface area contributed by atoms with Crippen LogP contribution < -0.4 is 14.9 Å². The molecule has 0 saturated heterocycles. The zero-order chi connectivity index (χ0) is 50.1. The van der Waals surface area contributed by atoms with E-state index in [2.05, 4.69) is 9.97 Å². The summed E-state index contributed by atoms with van der Waals surface area (Å²) >= 11 is 5.92. The van der Waals surface area contributed by atoms with Gasteiger partial charge in [-0.25, -0.2) is 26.8 Å². The van der Waals surface area contributed by atoms with Crippen LogP contribution in [0.25, 0.3) is 11.3 Å². The van der Waals surface area contributed by atoms with Gasteiger partial charge >= 0.3 is 19.1 Å². The van der Waals surface area contributed by atoms with Gasteiger partial charge in [-0.15, -0.1) is 0 Å². The second kappa shape index (κ2) is 19.9. The summed E-state index contributed by atoms with van der Waals surface area (Å²) in [5.74, 6) is -0.609. The van der Waals surface area contributed by atoms with Crippen molar-refractivity contribution in [1.29, 1.82) is 0 Å². The van der Waals surface area contributed by atoms with Gasteiger partial charge in [0, 0.05) is 39.7 Å². The molecule has 356 valence electrons. The number of aliphatic carboxylic acids is 2.